The van der Waals surface area contributed by atoms with Crippen LogP contribution in [0.3, 0.4) is 0 Å². The number of benzene rings is 2. The van der Waals surface area contributed by atoms with E-state index in [9.17, 15) is 0 Å². The van der Waals surface area contributed by atoms with Crippen molar-refractivity contribution >= 4 is 11.9 Å². The van der Waals surface area contributed by atoms with Gasteiger partial charge in [0.25, 0.3) is 0 Å². The monoisotopic (exact) mass is 290 g/mol. The summed E-state index contributed by atoms with van der Waals surface area (Å²) in [5, 5.41) is 0. The van der Waals surface area contributed by atoms with Gasteiger partial charge in [0.15, 0.2) is 5.66 Å². The van der Waals surface area contributed by atoms with Crippen molar-refractivity contribution in [3.63, 3.8) is 0 Å². The average molecular weight is 290 g/mol. The third kappa shape index (κ3) is 3.01. The molecule has 0 radical (unpaired) electrons. The van der Waals surface area contributed by atoms with Gasteiger partial charge < -0.3 is 0 Å². The van der Waals surface area contributed by atoms with E-state index in [1.807, 2.05) is 24.4 Å². The van der Waals surface area contributed by atoms with Crippen molar-refractivity contribution in [2.75, 3.05) is 0 Å². The van der Waals surface area contributed by atoms with Crippen LogP contribution in [0.1, 0.15) is 43.4 Å². The summed E-state index contributed by atoms with van der Waals surface area (Å²) in [5.41, 5.74) is 4.13. The molecule has 1 heterocycles. The number of unbranched alkanes of at least 4 members (excludes halogenated alkanes) is 1. The average Bonchev–Trinajstić information content (AvgIpc) is 2.98. The third-order valence-electron chi connectivity index (χ3n) is 4.17. The van der Waals surface area contributed by atoms with Gasteiger partial charge in [0.05, 0.1) is 11.9 Å². The van der Waals surface area contributed by atoms with E-state index in [4.69, 9.17) is 4.99 Å². The summed E-state index contributed by atoms with van der Waals surface area (Å²) in [6.45, 7) is 4.29. The number of hydrogen-bond donors (Lipinski definition) is 0. The Balaban J connectivity index is 1.83. The molecule has 1 aliphatic heterocycles. The number of aliphatic imine (C=N–C) groups is 2. The second-order valence-electron chi connectivity index (χ2n) is 5.94. The molecule has 0 N–H and O–H groups in total. The van der Waals surface area contributed by atoms with Gasteiger partial charge in [0.2, 0.25) is 0 Å². The lowest BCUT2D eigenvalue weighted by molar-refractivity contribution is 0.542. The van der Waals surface area contributed by atoms with E-state index in [1.54, 1.807) is 0 Å². The van der Waals surface area contributed by atoms with Gasteiger partial charge in [-0.3, -0.25) is 4.99 Å². The Morgan fingerprint density at radius 1 is 0.955 bits per heavy atom. The van der Waals surface area contributed by atoms with Crippen molar-refractivity contribution in [2.45, 2.75) is 38.8 Å². The molecule has 1 aliphatic rings. The second kappa shape index (κ2) is 6.27. The highest BCUT2D eigenvalue weighted by molar-refractivity contribution is 6.39. The van der Waals surface area contributed by atoms with Gasteiger partial charge in [0.1, 0.15) is 0 Å². The summed E-state index contributed by atoms with van der Waals surface area (Å²) < 4.78 is 0. The van der Waals surface area contributed by atoms with Crippen LogP contribution in [0.2, 0.25) is 0 Å². The number of hydrogen-bond acceptors (Lipinski definition) is 2. The van der Waals surface area contributed by atoms with Crippen molar-refractivity contribution in [3.8, 4) is 0 Å². The maximum absolute atomic E-state index is 4.85. The standard InChI is InChI=1S/C20H22N2/c1-3-4-8-16-11-13-18(14-12-16)20(2)21-15-19(22-20)17-9-6-5-7-10-17/h5-7,9-15H,3-4,8H2,1-2H3. The molecule has 0 saturated carbocycles. The summed E-state index contributed by atoms with van der Waals surface area (Å²) in [7, 11) is 0. The smallest absolute Gasteiger partial charge is 0.173 e. The topological polar surface area (TPSA) is 24.7 Å². The molecule has 2 heteroatoms. The lowest BCUT2D eigenvalue weighted by Gasteiger charge is -2.18. The van der Waals surface area contributed by atoms with Gasteiger partial charge in [-0.05, 0) is 25.3 Å². The maximum Gasteiger partial charge on any atom is 0.173 e. The van der Waals surface area contributed by atoms with Crippen LogP contribution in [0.5, 0.6) is 0 Å². The SMILES string of the molecule is CCCCc1ccc(C2(C)N=CC(c3ccccc3)=N2)cc1. The predicted octanol–water partition coefficient (Wildman–Crippen LogP) is 4.78. The van der Waals surface area contributed by atoms with Crippen LogP contribution in [0.25, 0.3) is 0 Å². The zero-order chi connectivity index (χ0) is 15.4. The summed E-state index contributed by atoms with van der Waals surface area (Å²) >= 11 is 0. The van der Waals surface area contributed by atoms with E-state index in [1.165, 1.54) is 18.4 Å². The minimum atomic E-state index is -0.492. The highest BCUT2D eigenvalue weighted by atomic mass is 15.1. The van der Waals surface area contributed by atoms with E-state index in [2.05, 4.69) is 55.2 Å². The van der Waals surface area contributed by atoms with Gasteiger partial charge in [-0.2, -0.15) is 0 Å². The Kier molecular flexibility index (Phi) is 4.19. The highest BCUT2D eigenvalue weighted by Gasteiger charge is 2.28. The first kappa shape index (κ1) is 14.7. The van der Waals surface area contributed by atoms with Crippen LogP contribution >= 0.6 is 0 Å². The van der Waals surface area contributed by atoms with Gasteiger partial charge in [-0.15, -0.1) is 0 Å². The molecular weight excluding hydrogens is 268 g/mol. The molecule has 0 aromatic heterocycles. The quantitative estimate of drug-likeness (QED) is 0.757. The molecule has 1 atom stereocenters. The van der Waals surface area contributed by atoms with Gasteiger partial charge in [-0.1, -0.05) is 67.9 Å². The van der Waals surface area contributed by atoms with Crippen molar-refractivity contribution < 1.29 is 0 Å². The molecular formula is C20H22N2. The molecule has 0 spiro atoms. The fraction of sp³-hybridized carbons (Fsp3) is 0.300. The molecule has 0 bridgehead atoms. The molecule has 22 heavy (non-hydrogen) atoms. The van der Waals surface area contributed by atoms with Crippen LogP contribution in [0.15, 0.2) is 64.6 Å². The Morgan fingerprint density at radius 2 is 1.68 bits per heavy atom. The summed E-state index contributed by atoms with van der Waals surface area (Å²) in [5.74, 6) is 0. The van der Waals surface area contributed by atoms with Gasteiger partial charge >= 0.3 is 0 Å². The minimum absolute atomic E-state index is 0.492. The Morgan fingerprint density at radius 3 is 2.36 bits per heavy atom. The number of nitrogens with zero attached hydrogens (tertiary/aromatic N) is 2. The third-order valence-corrected chi connectivity index (χ3v) is 4.17. The molecule has 0 saturated heterocycles. The lowest BCUT2D eigenvalue weighted by atomic mass is 9.99. The normalized spacial score (nSPS) is 20.2. The second-order valence-corrected chi connectivity index (χ2v) is 5.94. The fourth-order valence-corrected chi connectivity index (χ4v) is 2.73. The van der Waals surface area contributed by atoms with Crippen LogP contribution in [-0.4, -0.2) is 11.9 Å². The molecule has 0 fully saturated rings. The molecule has 2 aromatic carbocycles. The van der Waals surface area contributed by atoms with E-state index in [-0.39, 0.29) is 0 Å². The first-order chi connectivity index (χ1) is 10.7. The Hall–Kier alpha value is -2.22. The fourth-order valence-electron chi connectivity index (χ4n) is 2.73. The highest BCUT2D eigenvalue weighted by Crippen LogP contribution is 2.31. The maximum atomic E-state index is 4.85. The number of rotatable bonds is 5. The van der Waals surface area contributed by atoms with Crippen molar-refractivity contribution in [3.05, 3.63) is 71.3 Å². The van der Waals surface area contributed by atoms with Gasteiger partial charge in [0, 0.05) is 11.1 Å². The molecule has 2 nitrogen and oxygen atoms in total. The minimum Gasteiger partial charge on any atom is -0.257 e. The first-order valence-corrected chi connectivity index (χ1v) is 8.01. The largest absolute Gasteiger partial charge is 0.257 e. The van der Waals surface area contributed by atoms with E-state index < -0.39 is 5.66 Å². The summed E-state index contributed by atoms with van der Waals surface area (Å²) in [6, 6.07) is 19.0. The van der Waals surface area contributed by atoms with Crippen LogP contribution in [-0.2, 0) is 12.1 Å². The molecule has 3 rings (SSSR count). The van der Waals surface area contributed by atoms with Crippen molar-refractivity contribution in [1.29, 1.82) is 0 Å². The zero-order valence-electron chi connectivity index (χ0n) is 13.3. The molecule has 0 amide bonds. The molecule has 0 aliphatic carbocycles. The Bertz CT molecular complexity index is 683. The van der Waals surface area contributed by atoms with E-state index >= 15 is 0 Å². The van der Waals surface area contributed by atoms with Gasteiger partial charge in [-0.25, -0.2) is 4.99 Å². The van der Waals surface area contributed by atoms with Crippen LogP contribution < -0.4 is 0 Å². The van der Waals surface area contributed by atoms with Crippen molar-refractivity contribution in [2.24, 2.45) is 9.98 Å². The molecule has 1 unspecified atom stereocenters. The summed E-state index contributed by atoms with van der Waals surface area (Å²) in [4.78, 5) is 9.51. The lowest BCUT2D eigenvalue weighted by Crippen LogP contribution is -2.13. The molecule has 2 aromatic rings. The zero-order valence-corrected chi connectivity index (χ0v) is 13.3. The summed E-state index contributed by atoms with van der Waals surface area (Å²) in [6.07, 6.45) is 5.51. The number of aryl methyl sites for hydroxylation is 1. The van der Waals surface area contributed by atoms with Crippen LogP contribution in [0, 0.1) is 0 Å². The predicted molar refractivity (Wildman–Crippen MR) is 93.9 cm³/mol. The Labute approximate surface area is 132 Å². The van der Waals surface area contributed by atoms with E-state index in [0.29, 0.717) is 0 Å². The first-order valence-electron chi connectivity index (χ1n) is 8.01. The molecule has 112 valence electrons. The van der Waals surface area contributed by atoms with E-state index in [0.717, 1.165) is 23.3 Å². The van der Waals surface area contributed by atoms with Crippen LogP contribution in [0.4, 0.5) is 0 Å². The van der Waals surface area contributed by atoms with Crippen molar-refractivity contribution in [1.82, 2.24) is 0 Å².